The first-order valence-electron chi connectivity index (χ1n) is 5.36. The van der Waals surface area contributed by atoms with Crippen LogP contribution in [-0.4, -0.2) is 18.6 Å². The van der Waals surface area contributed by atoms with E-state index >= 15 is 0 Å². The van der Waals surface area contributed by atoms with Gasteiger partial charge in [0.15, 0.2) is 0 Å². The summed E-state index contributed by atoms with van der Waals surface area (Å²) in [5.74, 6) is 0.802. The average molecular weight is 262 g/mol. The number of halogens is 2. The maximum Gasteiger partial charge on any atom is 0.123 e. The summed E-state index contributed by atoms with van der Waals surface area (Å²) in [4.78, 5) is 0. The van der Waals surface area contributed by atoms with Crippen LogP contribution in [0.5, 0.6) is 0 Å². The third-order valence-electron chi connectivity index (χ3n) is 2.39. The Morgan fingerprint density at radius 2 is 2.25 bits per heavy atom. The molecule has 0 radical (unpaired) electrons. The van der Waals surface area contributed by atoms with Gasteiger partial charge in [-0.05, 0) is 48.7 Å². The molecule has 0 aliphatic carbocycles. The van der Waals surface area contributed by atoms with E-state index < -0.39 is 0 Å². The van der Waals surface area contributed by atoms with Crippen molar-refractivity contribution >= 4 is 23.4 Å². The first kappa shape index (κ1) is 13.8. The molecule has 0 bridgehead atoms. The molecule has 16 heavy (non-hydrogen) atoms. The van der Waals surface area contributed by atoms with E-state index in [9.17, 15) is 4.39 Å². The van der Waals surface area contributed by atoms with Gasteiger partial charge < -0.3 is 5.32 Å². The van der Waals surface area contributed by atoms with Crippen molar-refractivity contribution in [3.63, 3.8) is 0 Å². The zero-order valence-corrected chi connectivity index (χ0v) is 11.2. The maximum atomic E-state index is 13.2. The van der Waals surface area contributed by atoms with Crippen molar-refractivity contribution < 1.29 is 4.39 Å². The van der Waals surface area contributed by atoms with Gasteiger partial charge in [-0.3, -0.25) is 0 Å². The molecule has 1 atom stereocenters. The van der Waals surface area contributed by atoms with E-state index in [1.165, 1.54) is 12.1 Å². The quantitative estimate of drug-likeness (QED) is 0.834. The summed E-state index contributed by atoms with van der Waals surface area (Å²) in [5.41, 5.74) is 0.859. The van der Waals surface area contributed by atoms with Gasteiger partial charge in [0.05, 0.1) is 0 Å². The molecule has 1 rings (SSSR count). The summed E-state index contributed by atoms with van der Waals surface area (Å²) in [6, 6.07) is 4.68. The van der Waals surface area contributed by atoms with Crippen molar-refractivity contribution in [3.8, 4) is 0 Å². The van der Waals surface area contributed by atoms with Gasteiger partial charge in [0.2, 0.25) is 0 Å². The Balaban J connectivity index is 2.85. The fourth-order valence-electron chi connectivity index (χ4n) is 1.63. The predicted molar refractivity (Wildman–Crippen MR) is 70.8 cm³/mol. The van der Waals surface area contributed by atoms with Gasteiger partial charge in [-0.1, -0.05) is 18.5 Å². The second kappa shape index (κ2) is 7.15. The molecule has 0 spiro atoms. The molecule has 0 amide bonds. The summed E-state index contributed by atoms with van der Waals surface area (Å²) in [6.07, 6.45) is 3.02. The summed E-state index contributed by atoms with van der Waals surface area (Å²) in [5, 5.41) is 3.97. The molecule has 90 valence electrons. The lowest BCUT2D eigenvalue weighted by molar-refractivity contribution is 0.535. The van der Waals surface area contributed by atoms with E-state index in [4.69, 9.17) is 11.6 Å². The van der Waals surface area contributed by atoms with Gasteiger partial charge in [0, 0.05) is 11.1 Å². The van der Waals surface area contributed by atoms with Crippen molar-refractivity contribution in [2.75, 3.05) is 18.6 Å². The molecule has 1 N–H and O–H groups in total. The van der Waals surface area contributed by atoms with Gasteiger partial charge in [0.25, 0.3) is 0 Å². The van der Waals surface area contributed by atoms with Gasteiger partial charge in [0.1, 0.15) is 5.82 Å². The van der Waals surface area contributed by atoms with Crippen molar-refractivity contribution in [2.24, 2.45) is 0 Å². The fraction of sp³-hybridized carbons (Fsp3) is 0.500. The number of nitrogens with one attached hydrogen (secondary N) is 1. The lowest BCUT2D eigenvalue weighted by atomic mass is 10.0. The molecule has 0 heterocycles. The van der Waals surface area contributed by atoms with Crippen molar-refractivity contribution in [2.45, 2.75) is 19.4 Å². The highest BCUT2D eigenvalue weighted by atomic mass is 35.5. The molecule has 1 unspecified atom stereocenters. The van der Waals surface area contributed by atoms with E-state index in [1.54, 1.807) is 17.8 Å². The summed E-state index contributed by atoms with van der Waals surface area (Å²) in [6.45, 7) is 2.89. The highest BCUT2D eigenvalue weighted by Gasteiger charge is 2.14. The van der Waals surface area contributed by atoms with Crippen molar-refractivity contribution in [3.05, 3.63) is 34.6 Å². The molecule has 0 aromatic heterocycles. The van der Waals surface area contributed by atoms with Gasteiger partial charge in [-0.25, -0.2) is 4.39 Å². The number of hydrogen-bond donors (Lipinski definition) is 1. The molecular weight excluding hydrogens is 245 g/mol. The summed E-state index contributed by atoms with van der Waals surface area (Å²) >= 11 is 7.88. The second-order valence-corrected chi connectivity index (χ2v) is 4.95. The molecule has 0 aliphatic heterocycles. The second-order valence-electron chi connectivity index (χ2n) is 3.56. The minimum absolute atomic E-state index is 0.139. The molecule has 0 saturated carbocycles. The largest absolute Gasteiger partial charge is 0.310 e. The maximum absolute atomic E-state index is 13.2. The van der Waals surface area contributed by atoms with Crippen molar-refractivity contribution in [1.29, 1.82) is 0 Å². The Hall–Kier alpha value is -0.250. The number of thioether (sulfide) groups is 1. The minimum atomic E-state index is -0.230. The Morgan fingerprint density at radius 1 is 1.50 bits per heavy atom. The van der Waals surface area contributed by atoms with Gasteiger partial charge >= 0.3 is 0 Å². The van der Waals surface area contributed by atoms with Crippen LogP contribution in [0.15, 0.2) is 18.2 Å². The predicted octanol–water partition coefficient (Wildman–Crippen LogP) is 3.88. The van der Waals surface area contributed by atoms with E-state index in [1.807, 2.05) is 6.92 Å². The Morgan fingerprint density at radius 3 is 2.88 bits per heavy atom. The van der Waals surface area contributed by atoms with Crippen LogP contribution in [0.4, 0.5) is 4.39 Å². The van der Waals surface area contributed by atoms with E-state index in [0.717, 1.165) is 24.3 Å². The lowest BCUT2D eigenvalue weighted by Gasteiger charge is -2.19. The first-order valence-corrected chi connectivity index (χ1v) is 7.13. The standard InChI is InChI=1S/C12H17ClFNS/c1-3-15-12(6-7-16-2)10-8-9(14)4-5-11(10)13/h4-5,8,12,15H,3,6-7H2,1-2H3. The third-order valence-corrected chi connectivity index (χ3v) is 3.38. The van der Waals surface area contributed by atoms with Crippen LogP contribution < -0.4 is 5.32 Å². The molecule has 0 fully saturated rings. The van der Waals surface area contributed by atoms with Gasteiger partial charge in [-0.2, -0.15) is 11.8 Å². The van der Waals surface area contributed by atoms with Crippen LogP contribution in [0.25, 0.3) is 0 Å². The Kier molecular flexibility index (Phi) is 6.17. The van der Waals surface area contributed by atoms with Crippen LogP contribution in [-0.2, 0) is 0 Å². The van der Waals surface area contributed by atoms with E-state index in [2.05, 4.69) is 11.6 Å². The fourth-order valence-corrected chi connectivity index (χ4v) is 2.35. The van der Waals surface area contributed by atoms with Gasteiger partial charge in [-0.15, -0.1) is 0 Å². The smallest absolute Gasteiger partial charge is 0.123 e. The zero-order chi connectivity index (χ0) is 12.0. The van der Waals surface area contributed by atoms with Crippen molar-refractivity contribution in [1.82, 2.24) is 5.32 Å². The molecule has 4 heteroatoms. The third kappa shape index (κ3) is 3.96. The monoisotopic (exact) mass is 261 g/mol. The first-order chi connectivity index (χ1) is 7.69. The lowest BCUT2D eigenvalue weighted by Crippen LogP contribution is -2.22. The average Bonchev–Trinajstić information content (AvgIpc) is 2.28. The van der Waals surface area contributed by atoms with E-state index in [-0.39, 0.29) is 11.9 Å². The van der Waals surface area contributed by atoms with Crippen LogP contribution >= 0.6 is 23.4 Å². The topological polar surface area (TPSA) is 12.0 Å². The zero-order valence-electron chi connectivity index (χ0n) is 9.59. The molecular formula is C12H17ClFNS. The Bertz CT molecular complexity index is 333. The highest BCUT2D eigenvalue weighted by molar-refractivity contribution is 7.98. The summed E-state index contributed by atoms with van der Waals surface area (Å²) < 4.78 is 13.2. The van der Waals surface area contributed by atoms with Crippen LogP contribution in [0.2, 0.25) is 5.02 Å². The molecule has 1 aromatic carbocycles. The minimum Gasteiger partial charge on any atom is -0.310 e. The summed E-state index contributed by atoms with van der Waals surface area (Å²) in [7, 11) is 0. The number of rotatable bonds is 6. The number of hydrogen-bond acceptors (Lipinski definition) is 2. The number of benzene rings is 1. The SMILES string of the molecule is CCNC(CCSC)c1cc(F)ccc1Cl. The molecule has 0 aliphatic rings. The van der Waals surface area contributed by atoms with E-state index in [0.29, 0.717) is 5.02 Å². The normalized spacial score (nSPS) is 12.8. The van der Waals surface area contributed by atoms with Crippen LogP contribution in [0.1, 0.15) is 24.9 Å². The molecule has 1 nitrogen and oxygen atoms in total. The Labute approximate surface area is 106 Å². The molecule has 0 saturated heterocycles. The van der Waals surface area contributed by atoms with Crippen LogP contribution in [0.3, 0.4) is 0 Å². The van der Waals surface area contributed by atoms with Crippen LogP contribution in [0, 0.1) is 5.82 Å². The molecule has 1 aromatic rings. The highest BCUT2D eigenvalue weighted by Crippen LogP contribution is 2.26.